The van der Waals surface area contributed by atoms with E-state index in [9.17, 15) is 4.79 Å². The zero-order chi connectivity index (χ0) is 13.8. The Bertz CT molecular complexity index is 636. The summed E-state index contributed by atoms with van der Waals surface area (Å²) in [7, 11) is 0. The molecule has 0 aliphatic carbocycles. The Kier molecular flexibility index (Phi) is 3.53. The third-order valence-electron chi connectivity index (χ3n) is 2.64. The van der Waals surface area contributed by atoms with Gasteiger partial charge in [0, 0.05) is 11.3 Å². The molecule has 0 bridgehead atoms. The van der Waals surface area contributed by atoms with Gasteiger partial charge in [-0.1, -0.05) is 0 Å². The molecule has 5 heteroatoms. The molecule has 0 radical (unpaired) electrons. The summed E-state index contributed by atoms with van der Waals surface area (Å²) < 4.78 is 5.23. The molecule has 2 rings (SSSR count). The summed E-state index contributed by atoms with van der Waals surface area (Å²) in [5.74, 6) is -0.544. The quantitative estimate of drug-likeness (QED) is 0.878. The van der Waals surface area contributed by atoms with Gasteiger partial charge in [0.05, 0.1) is 18.2 Å². The van der Waals surface area contributed by atoms with Crippen LogP contribution in [0, 0.1) is 18.3 Å². The van der Waals surface area contributed by atoms with Gasteiger partial charge >= 0.3 is 5.97 Å². The highest BCUT2D eigenvalue weighted by atomic mass is 16.4. The van der Waals surface area contributed by atoms with Crippen molar-refractivity contribution in [3.05, 3.63) is 53.0 Å². The van der Waals surface area contributed by atoms with E-state index in [-0.39, 0.29) is 5.76 Å². The first-order chi connectivity index (χ1) is 9.10. The second-order valence-corrected chi connectivity index (χ2v) is 4.07. The molecule has 0 unspecified atom stereocenters. The lowest BCUT2D eigenvalue weighted by Gasteiger charge is -2.03. The summed E-state index contributed by atoms with van der Waals surface area (Å²) in [5, 5.41) is 20.7. The van der Waals surface area contributed by atoms with Crippen LogP contribution < -0.4 is 5.32 Å². The topological polar surface area (TPSA) is 86.3 Å². The third-order valence-corrected chi connectivity index (χ3v) is 2.64. The van der Waals surface area contributed by atoms with Gasteiger partial charge in [0.25, 0.3) is 0 Å². The smallest absolute Gasteiger partial charge is 0.372 e. The van der Waals surface area contributed by atoms with Gasteiger partial charge in [-0.3, -0.25) is 0 Å². The van der Waals surface area contributed by atoms with Crippen molar-refractivity contribution in [3.8, 4) is 6.07 Å². The minimum Gasteiger partial charge on any atom is -0.475 e. The molecule has 96 valence electrons. The molecule has 0 aliphatic heterocycles. The van der Waals surface area contributed by atoms with E-state index in [1.807, 2.05) is 6.07 Å². The largest absolute Gasteiger partial charge is 0.475 e. The number of anilines is 1. The van der Waals surface area contributed by atoms with Crippen LogP contribution >= 0.6 is 0 Å². The van der Waals surface area contributed by atoms with Crippen molar-refractivity contribution in [2.24, 2.45) is 0 Å². The highest BCUT2D eigenvalue weighted by molar-refractivity contribution is 5.86. The Morgan fingerprint density at radius 2 is 2.11 bits per heavy atom. The van der Waals surface area contributed by atoms with Crippen LogP contribution in [0.5, 0.6) is 0 Å². The molecule has 1 aromatic carbocycles. The number of aryl methyl sites for hydroxylation is 1. The Morgan fingerprint density at radius 1 is 1.42 bits per heavy atom. The van der Waals surface area contributed by atoms with E-state index in [0.29, 0.717) is 23.4 Å². The normalized spacial score (nSPS) is 9.89. The fourth-order valence-corrected chi connectivity index (χ4v) is 1.70. The molecule has 1 aromatic heterocycles. The highest BCUT2D eigenvalue weighted by Crippen LogP contribution is 2.16. The van der Waals surface area contributed by atoms with Gasteiger partial charge in [-0.15, -0.1) is 0 Å². The molecule has 0 amide bonds. The van der Waals surface area contributed by atoms with Crippen LogP contribution in [-0.4, -0.2) is 11.1 Å². The van der Waals surface area contributed by atoms with E-state index in [1.54, 1.807) is 37.3 Å². The third kappa shape index (κ3) is 2.93. The molecule has 0 spiro atoms. The first-order valence-corrected chi connectivity index (χ1v) is 5.67. The Labute approximate surface area is 110 Å². The zero-order valence-electron chi connectivity index (χ0n) is 10.3. The Morgan fingerprint density at radius 3 is 2.63 bits per heavy atom. The molecular formula is C14H12N2O3. The number of benzene rings is 1. The van der Waals surface area contributed by atoms with Crippen molar-refractivity contribution in [1.29, 1.82) is 5.26 Å². The molecule has 2 aromatic rings. The fourth-order valence-electron chi connectivity index (χ4n) is 1.70. The van der Waals surface area contributed by atoms with Crippen LogP contribution in [0.25, 0.3) is 0 Å². The number of nitrogens with one attached hydrogen (secondary N) is 1. The van der Waals surface area contributed by atoms with Crippen LogP contribution in [0.4, 0.5) is 5.69 Å². The van der Waals surface area contributed by atoms with Crippen LogP contribution in [0.15, 0.2) is 34.7 Å². The molecule has 0 aliphatic rings. The molecular weight excluding hydrogens is 244 g/mol. The molecule has 19 heavy (non-hydrogen) atoms. The summed E-state index contributed by atoms with van der Waals surface area (Å²) in [5.41, 5.74) is 2.03. The van der Waals surface area contributed by atoms with E-state index >= 15 is 0 Å². The van der Waals surface area contributed by atoms with Crippen molar-refractivity contribution < 1.29 is 14.3 Å². The van der Waals surface area contributed by atoms with Crippen molar-refractivity contribution in [2.45, 2.75) is 13.5 Å². The molecule has 0 atom stereocenters. The summed E-state index contributed by atoms with van der Waals surface area (Å²) in [6.07, 6.45) is 0. The van der Waals surface area contributed by atoms with Crippen LogP contribution in [0.3, 0.4) is 0 Å². The van der Waals surface area contributed by atoms with Crippen LogP contribution in [0.2, 0.25) is 0 Å². The van der Waals surface area contributed by atoms with Gasteiger partial charge in [-0.2, -0.15) is 5.26 Å². The molecule has 0 saturated carbocycles. The SMILES string of the molecule is Cc1cc(CNc2ccc(C#N)cc2)oc1C(=O)O. The van der Waals surface area contributed by atoms with E-state index in [2.05, 4.69) is 5.32 Å². The maximum Gasteiger partial charge on any atom is 0.372 e. The fraction of sp³-hybridized carbons (Fsp3) is 0.143. The number of furan rings is 1. The van der Waals surface area contributed by atoms with Gasteiger partial charge in [0.15, 0.2) is 0 Å². The summed E-state index contributed by atoms with van der Waals surface area (Å²) in [6.45, 7) is 2.08. The Balaban J connectivity index is 2.04. The zero-order valence-corrected chi connectivity index (χ0v) is 10.3. The number of carbonyl (C=O) groups is 1. The van der Waals surface area contributed by atoms with E-state index in [0.717, 1.165) is 5.69 Å². The first-order valence-electron chi connectivity index (χ1n) is 5.67. The minimum absolute atomic E-state index is 0.0309. The van der Waals surface area contributed by atoms with Gasteiger partial charge in [0.2, 0.25) is 5.76 Å². The van der Waals surface area contributed by atoms with Gasteiger partial charge in [-0.05, 0) is 37.3 Å². The average Bonchev–Trinajstić information content (AvgIpc) is 2.78. The lowest BCUT2D eigenvalue weighted by molar-refractivity contribution is 0.0659. The van der Waals surface area contributed by atoms with E-state index in [4.69, 9.17) is 14.8 Å². The predicted molar refractivity (Wildman–Crippen MR) is 68.9 cm³/mol. The van der Waals surface area contributed by atoms with E-state index in [1.165, 1.54) is 0 Å². The number of rotatable bonds is 4. The predicted octanol–water partition coefficient (Wildman–Crippen LogP) is 2.77. The standard InChI is InChI=1S/C14H12N2O3/c1-9-6-12(19-13(9)14(17)18)8-16-11-4-2-10(7-15)3-5-11/h2-6,16H,8H2,1H3,(H,17,18). The molecule has 1 heterocycles. The number of hydrogen-bond acceptors (Lipinski definition) is 4. The number of aromatic carboxylic acids is 1. The number of carboxylic acid groups (broad SMARTS) is 1. The number of nitrogens with zero attached hydrogens (tertiary/aromatic N) is 1. The molecule has 5 nitrogen and oxygen atoms in total. The molecule has 2 N–H and O–H groups in total. The first kappa shape index (κ1) is 12.7. The number of hydrogen-bond donors (Lipinski definition) is 2. The summed E-state index contributed by atoms with van der Waals surface area (Å²) in [6, 6.07) is 10.7. The number of nitriles is 1. The van der Waals surface area contributed by atoms with Crippen molar-refractivity contribution in [1.82, 2.24) is 0 Å². The van der Waals surface area contributed by atoms with Gasteiger partial charge in [-0.25, -0.2) is 4.79 Å². The van der Waals surface area contributed by atoms with E-state index < -0.39 is 5.97 Å². The van der Waals surface area contributed by atoms with Gasteiger partial charge < -0.3 is 14.8 Å². The van der Waals surface area contributed by atoms with Crippen molar-refractivity contribution in [2.75, 3.05) is 5.32 Å². The van der Waals surface area contributed by atoms with Crippen molar-refractivity contribution >= 4 is 11.7 Å². The maximum atomic E-state index is 10.8. The minimum atomic E-state index is -1.07. The highest BCUT2D eigenvalue weighted by Gasteiger charge is 2.13. The second kappa shape index (κ2) is 5.27. The van der Waals surface area contributed by atoms with Crippen molar-refractivity contribution in [3.63, 3.8) is 0 Å². The summed E-state index contributed by atoms with van der Waals surface area (Å²) >= 11 is 0. The number of carboxylic acids is 1. The van der Waals surface area contributed by atoms with Crippen LogP contribution in [-0.2, 0) is 6.54 Å². The van der Waals surface area contributed by atoms with Gasteiger partial charge in [0.1, 0.15) is 5.76 Å². The second-order valence-electron chi connectivity index (χ2n) is 4.07. The lowest BCUT2D eigenvalue weighted by atomic mass is 10.2. The molecule has 0 saturated heterocycles. The molecule has 0 fully saturated rings. The average molecular weight is 256 g/mol. The Hall–Kier alpha value is -2.74. The summed E-state index contributed by atoms with van der Waals surface area (Å²) in [4.78, 5) is 10.8. The van der Waals surface area contributed by atoms with Crippen LogP contribution in [0.1, 0.15) is 27.4 Å². The monoisotopic (exact) mass is 256 g/mol. The lowest BCUT2D eigenvalue weighted by Crippen LogP contribution is -1.98. The maximum absolute atomic E-state index is 10.8.